The number of halogens is 1. The molecule has 0 spiro atoms. The molecule has 0 radical (unpaired) electrons. The summed E-state index contributed by atoms with van der Waals surface area (Å²) in [5.41, 5.74) is 1.56. The largest absolute Gasteiger partial charge is 0.335 e. The summed E-state index contributed by atoms with van der Waals surface area (Å²) in [4.78, 5) is 24.3. The van der Waals surface area contributed by atoms with Crippen molar-refractivity contribution >= 4 is 35.3 Å². The van der Waals surface area contributed by atoms with Gasteiger partial charge in [0.05, 0.1) is 10.3 Å². The van der Waals surface area contributed by atoms with Crippen molar-refractivity contribution in [1.29, 1.82) is 0 Å². The first-order chi connectivity index (χ1) is 14.0. The van der Waals surface area contributed by atoms with Gasteiger partial charge >= 0.3 is 6.03 Å². The number of nitrogens with two attached hydrogens (primary N) is 1. The molecule has 3 amide bonds. The van der Waals surface area contributed by atoms with E-state index in [0.29, 0.717) is 28.1 Å². The van der Waals surface area contributed by atoms with Crippen LogP contribution in [-0.4, -0.2) is 32.1 Å². The van der Waals surface area contributed by atoms with Crippen LogP contribution in [0.3, 0.4) is 0 Å². The second kappa shape index (κ2) is 9.44. The Morgan fingerprint density at radius 1 is 1.14 bits per heavy atom. The fourth-order valence-electron chi connectivity index (χ4n) is 2.43. The summed E-state index contributed by atoms with van der Waals surface area (Å²) in [5, 5.41) is 13.2. The van der Waals surface area contributed by atoms with Crippen LogP contribution < -0.4 is 16.5 Å². The number of urea groups is 1. The van der Waals surface area contributed by atoms with Crippen LogP contribution in [0.15, 0.2) is 59.8 Å². The van der Waals surface area contributed by atoms with E-state index < -0.39 is 17.2 Å². The van der Waals surface area contributed by atoms with Crippen molar-refractivity contribution in [1.82, 2.24) is 25.5 Å². The number of amides is 3. The standard InChI is InChI=1S/C19H19ClN6O2S/c1-12(17(27)23-18(28)22-11-13-7-3-2-4-8-13)29-19-25-24-16(26(19)21)14-9-5-6-10-15(14)20/h2-10,12H,11,21H2,1H3,(H2,22,23,27,28). The van der Waals surface area contributed by atoms with Crippen LogP contribution in [-0.2, 0) is 11.3 Å². The highest BCUT2D eigenvalue weighted by Crippen LogP contribution is 2.28. The summed E-state index contributed by atoms with van der Waals surface area (Å²) >= 11 is 7.26. The molecule has 2 aromatic carbocycles. The van der Waals surface area contributed by atoms with Gasteiger partial charge in [-0.15, -0.1) is 10.2 Å². The normalized spacial score (nSPS) is 11.7. The third-order valence-electron chi connectivity index (χ3n) is 3.96. The molecule has 0 fully saturated rings. The summed E-state index contributed by atoms with van der Waals surface area (Å²) in [6.07, 6.45) is 0. The monoisotopic (exact) mass is 430 g/mol. The summed E-state index contributed by atoms with van der Waals surface area (Å²) in [6.45, 7) is 1.97. The molecule has 8 nitrogen and oxygen atoms in total. The van der Waals surface area contributed by atoms with E-state index in [2.05, 4.69) is 20.8 Å². The minimum Gasteiger partial charge on any atom is -0.335 e. The van der Waals surface area contributed by atoms with E-state index in [1.165, 1.54) is 4.68 Å². The van der Waals surface area contributed by atoms with E-state index >= 15 is 0 Å². The first-order valence-electron chi connectivity index (χ1n) is 8.70. The Bertz CT molecular complexity index is 1010. The van der Waals surface area contributed by atoms with E-state index in [-0.39, 0.29) is 0 Å². The van der Waals surface area contributed by atoms with Crippen LogP contribution in [0.2, 0.25) is 5.02 Å². The number of benzene rings is 2. The smallest absolute Gasteiger partial charge is 0.321 e. The van der Waals surface area contributed by atoms with Gasteiger partial charge in [0.1, 0.15) is 0 Å². The molecule has 3 rings (SSSR count). The number of carbonyl (C=O) groups excluding carboxylic acids is 2. The molecule has 10 heteroatoms. The molecule has 1 atom stereocenters. The molecule has 1 unspecified atom stereocenters. The number of aromatic nitrogens is 3. The van der Waals surface area contributed by atoms with E-state index in [1.54, 1.807) is 25.1 Å². The van der Waals surface area contributed by atoms with Gasteiger partial charge in [0.15, 0.2) is 5.82 Å². The molecule has 0 bridgehead atoms. The third-order valence-corrected chi connectivity index (χ3v) is 5.35. The van der Waals surface area contributed by atoms with Crippen LogP contribution >= 0.6 is 23.4 Å². The van der Waals surface area contributed by atoms with Gasteiger partial charge in [-0.25, -0.2) is 9.47 Å². The fraction of sp³-hybridized carbons (Fsp3) is 0.158. The molecule has 3 aromatic rings. The maximum atomic E-state index is 12.3. The van der Waals surface area contributed by atoms with Gasteiger partial charge in [0, 0.05) is 12.1 Å². The van der Waals surface area contributed by atoms with Gasteiger partial charge in [-0.1, -0.05) is 65.8 Å². The van der Waals surface area contributed by atoms with Crippen LogP contribution in [0.1, 0.15) is 12.5 Å². The molecule has 1 aromatic heterocycles. The molecule has 0 saturated carbocycles. The van der Waals surface area contributed by atoms with Crippen LogP contribution in [0.25, 0.3) is 11.4 Å². The van der Waals surface area contributed by atoms with Crippen LogP contribution in [0, 0.1) is 0 Å². The second-order valence-corrected chi connectivity index (χ2v) is 7.79. The maximum absolute atomic E-state index is 12.3. The topological polar surface area (TPSA) is 115 Å². The fourth-order valence-corrected chi connectivity index (χ4v) is 3.42. The predicted octanol–water partition coefficient (Wildman–Crippen LogP) is 2.82. The molecule has 150 valence electrons. The Balaban J connectivity index is 1.57. The number of rotatable bonds is 6. The van der Waals surface area contributed by atoms with Crippen molar-refractivity contribution in [3.63, 3.8) is 0 Å². The molecule has 0 aliphatic carbocycles. The lowest BCUT2D eigenvalue weighted by Gasteiger charge is -2.11. The van der Waals surface area contributed by atoms with Gasteiger partial charge in [0.25, 0.3) is 0 Å². The van der Waals surface area contributed by atoms with Gasteiger partial charge < -0.3 is 11.2 Å². The van der Waals surface area contributed by atoms with Crippen LogP contribution in [0.4, 0.5) is 4.79 Å². The zero-order chi connectivity index (χ0) is 20.8. The third kappa shape index (κ3) is 5.27. The van der Waals surface area contributed by atoms with Crippen molar-refractivity contribution in [2.24, 2.45) is 0 Å². The lowest BCUT2D eigenvalue weighted by atomic mass is 10.2. The first-order valence-corrected chi connectivity index (χ1v) is 9.96. The Kier molecular flexibility index (Phi) is 6.73. The minimum absolute atomic E-state index is 0.319. The van der Waals surface area contributed by atoms with E-state index in [0.717, 1.165) is 17.3 Å². The average molecular weight is 431 g/mol. The summed E-state index contributed by atoms with van der Waals surface area (Å²) < 4.78 is 1.27. The lowest BCUT2D eigenvalue weighted by molar-refractivity contribution is -0.119. The van der Waals surface area contributed by atoms with Crippen LogP contribution in [0.5, 0.6) is 0 Å². The van der Waals surface area contributed by atoms with Gasteiger partial charge in [-0.05, 0) is 24.6 Å². The molecule has 0 saturated heterocycles. The number of imide groups is 1. The number of nitrogen functional groups attached to an aromatic ring is 1. The Labute approximate surface area is 176 Å². The summed E-state index contributed by atoms with van der Waals surface area (Å²) in [5.74, 6) is 5.98. The zero-order valence-electron chi connectivity index (χ0n) is 15.5. The molecule has 0 aliphatic rings. The number of carbonyl (C=O) groups is 2. The Morgan fingerprint density at radius 3 is 2.55 bits per heavy atom. The molecule has 1 heterocycles. The first kappa shape index (κ1) is 20.7. The minimum atomic E-state index is -0.622. The van der Waals surface area contributed by atoms with Crippen molar-refractivity contribution in [2.45, 2.75) is 23.9 Å². The molecule has 29 heavy (non-hydrogen) atoms. The number of hydrogen-bond acceptors (Lipinski definition) is 6. The zero-order valence-corrected chi connectivity index (χ0v) is 17.1. The molecule has 0 aliphatic heterocycles. The van der Waals surface area contributed by atoms with Crippen molar-refractivity contribution < 1.29 is 9.59 Å². The second-order valence-electron chi connectivity index (χ2n) is 6.07. The van der Waals surface area contributed by atoms with Crippen molar-refractivity contribution in [3.8, 4) is 11.4 Å². The Hall–Kier alpha value is -3.04. The summed E-state index contributed by atoms with van der Waals surface area (Å²) in [6, 6.07) is 15.9. The molecular formula is C19H19ClN6O2S. The maximum Gasteiger partial charge on any atom is 0.321 e. The SMILES string of the molecule is CC(Sc1nnc(-c2ccccc2Cl)n1N)C(=O)NC(=O)NCc1ccccc1. The lowest BCUT2D eigenvalue weighted by Crippen LogP contribution is -2.42. The van der Waals surface area contributed by atoms with E-state index in [4.69, 9.17) is 17.4 Å². The highest BCUT2D eigenvalue weighted by atomic mass is 35.5. The van der Waals surface area contributed by atoms with E-state index in [9.17, 15) is 9.59 Å². The number of hydrogen-bond donors (Lipinski definition) is 3. The van der Waals surface area contributed by atoms with Gasteiger partial charge in [-0.3, -0.25) is 10.1 Å². The molecule has 4 N–H and O–H groups in total. The van der Waals surface area contributed by atoms with Crippen molar-refractivity contribution in [3.05, 3.63) is 65.2 Å². The number of nitrogens with zero attached hydrogens (tertiary/aromatic N) is 3. The van der Waals surface area contributed by atoms with Crippen molar-refractivity contribution in [2.75, 3.05) is 5.84 Å². The molecular weight excluding hydrogens is 412 g/mol. The summed E-state index contributed by atoms with van der Waals surface area (Å²) in [7, 11) is 0. The van der Waals surface area contributed by atoms with E-state index in [1.807, 2.05) is 36.4 Å². The Morgan fingerprint density at radius 2 is 1.83 bits per heavy atom. The number of thioether (sulfide) groups is 1. The predicted molar refractivity (Wildman–Crippen MR) is 113 cm³/mol. The highest BCUT2D eigenvalue weighted by Gasteiger charge is 2.22. The average Bonchev–Trinajstić information content (AvgIpc) is 3.07. The van der Waals surface area contributed by atoms with Gasteiger partial charge in [0.2, 0.25) is 11.1 Å². The number of nitrogens with one attached hydrogen (secondary N) is 2. The quantitative estimate of drug-likeness (QED) is 0.409. The highest BCUT2D eigenvalue weighted by molar-refractivity contribution is 8.00. The van der Waals surface area contributed by atoms with Gasteiger partial charge in [-0.2, -0.15) is 0 Å².